The highest BCUT2D eigenvalue weighted by Crippen LogP contribution is 2.41. The zero-order valence-electron chi connectivity index (χ0n) is 19.6. The fourth-order valence-electron chi connectivity index (χ4n) is 4.30. The third kappa shape index (κ3) is 4.26. The Hall–Kier alpha value is -4.66. The number of carboxylic acid groups (broad SMARTS) is 1. The van der Waals surface area contributed by atoms with Crippen LogP contribution in [0.3, 0.4) is 0 Å². The third-order valence-corrected chi connectivity index (χ3v) is 5.83. The number of aromatic nitrogens is 1. The Morgan fingerprint density at radius 1 is 1.03 bits per heavy atom. The largest absolute Gasteiger partial charge is 0.511 e. The first-order valence-electron chi connectivity index (χ1n) is 11.3. The van der Waals surface area contributed by atoms with Crippen molar-refractivity contribution in [3.05, 3.63) is 76.6 Å². The number of ether oxygens (including phenoxy) is 5. The van der Waals surface area contributed by atoms with Gasteiger partial charge in [-0.05, 0) is 60.5 Å². The van der Waals surface area contributed by atoms with E-state index in [4.69, 9.17) is 23.7 Å². The maximum Gasteiger partial charge on any atom is 0.511 e. The highest BCUT2D eigenvalue weighted by molar-refractivity contribution is 5.99. The van der Waals surface area contributed by atoms with E-state index in [9.17, 15) is 14.7 Å². The number of hydrogen-bond donors (Lipinski definition) is 1. The highest BCUT2D eigenvalue weighted by atomic mass is 16.7. The zero-order chi connectivity index (χ0) is 25.2. The molecule has 0 radical (unpaired) electrons. The van der Waals surface area contributed by atoms with Crippen molar-refractivity contribution in [3.8, 4) is 39.9 Å². The Labute approximate surface area is 206 Å². The Balaban J connectivity index is 1.80. The molecule has 9 nitrogen and oxygen atoms in total. The molecule has 1 aromatic heterocycles. The van der Waals surface area contributed by atoms with Gasteiger partial charge in [0.25, 0.3) is 5.56 Å². The molecular formula is C27H23NO8. The Morgan fingerprint density at radius 2 is 1.86 bits per heavy atom. The highest BCUT2D eigenvalue weighted by Gasteiger charge is 2.24. The van der Waals surface area contributed by atoms with E-state index in [2.05, 4.69) is 0 Å². The fraction of sp³-hybridized carbons (Fsp3) is 0.185. The lowest BCUT2D eigenvalue weighted by Gasteiger charge is -2.18. The van der Waals surface area contributed by atoms with Crippen LogP contribution in [0.1, 0.15) is 12.5 Å². The summed E-state index contributed by atoms with van der Waals surface area (Å²) in [6.07, 6.45) is -1.60. The summed E-state index contributed by atoms with van der Waals surface area (Å²) in [5, 5.41) is 10.1. The predicted molar refractivity (Wildman–Crippen MR) is 132 cm³/mol. The molecule has 2 heterocycles. The molecule has 9 heteroatoms. The van der Waals surface area contributed by atoms with Gasteiger partial charge in [0, 0.05) is 10.9 Å². The van der Waals surface area contributed by atoms with Crippen LogP contribution in [0.5, 0.6) is 28.7 Å². The summed E-state index contributed by atoms with van der Waals surface area (Å²) < 4.78 is 28.6. The Bertz CT molecular complexity index is 1520. The van der Waals surface area contributed by atoms with Gasteiger partial charge in [0.2, 0.25) is 12.5 Å². The van der Waals surface area contributed by atoms with Gasteiger partial charge in [-0.3, -0.25) is 4.79 Å². The average Bonchev–Trinajstić information content (AvgIpc) is 3.35. The maximum atomic E-state index is 13.8. The molecule has 4 aromatic rings. The van der Waals surface area contributed by atoms with Gasteiger partial charge >= 0.3 is 6.16 Å². The number of nitrogens with zero attached hydrogens (tertiary/aromatic N) is 1. The summed E-state index contributed by atoms with van der Waals surface area (Å²) in [4.78, 5) is 25.5. The normalized spacial score (nSPS) is 11.9. The first kappa shape index (κ1) is 23.1. The molecule has 1 aliphatic rings. The van der Waals surface area contributed by atoms with E-state index in [1.807, 2.05) is 25.1 Å². The topological polar surface area (TPSA) is 105 Å². The predicted octanol–water partition coefficient (Wildman–Crippen LogP) is 4.91. The van der Waals surface area contributed by atoms with Gasteiger partial charge in [-0.15, -0.1) is 0 Å². The lowest BCUT2D eigenvalue weighted by molar-refractivity contribution is 0.144. The third-order valence-electron chi connectivity index (χ3n) is 5.83. The number of carbonyl (C=O) groups is 1. The van der Waals surface area contributed by atoms with Crippen molar-refractivity contribution in [2.24, 2.45) is 0 Å². The van der Waals surface area contributed by atoms with Crippen molar-refractivity contribution < 1.29 is 33.6 Å². The summed E-state index contributed by atoms with van der Waals surface area (Å²) >= 11 is 0. The Kier molecular flexibility index (Phi) is 6.12. The number of benzene rings is 3. The van der Waals surface area contributed by atoms with Gasteiger partial charge in [0.05, 0.1) is 25.8 Å². The van der Waals surface area contributed by atoms with Gasteiger partial charge in [-0.2, -0.15) is 0 Å². The zero-order valence-corrected chi connectivity index (χ0v) is 19.6. The van der Waals surface area contributed by atoms with Crippen LogP contribution in [0.15, 0.2) is 65.5 Å². The number of fused-ring (bicyclic) bond motifs is 2. The van der Waals surface area contributed by atoms with Crippen LogP contribution in [-0.2, 0) is 6.54 Å². The van der Waals surface area contributed by atoms with Crippen molar-refractivity contribution in [1.82, 2.24) is 4.57 Å². The van der Waals surface area contributed by atoms with E-state index in [1.165, 1.54) is 4.57 Å². The second-order valence-corrected chi connectivity index (χ2v) is 7.99. The molecule has 5 rings (SSSR count). The summed E-state index contributed by atoms with van der Waals surface area (Å²) in [7, 11) is 1.56. The molecule has 0 fully saturated rings. The molecule has 0 saturated heterocycles. The number of rotatable bonds is 7. The molecule has 1 N–H and O–H groups in total. The van der Waals surface area contributed by atoms with E-state index in [0.29, 0.717) is 51.6 Å². The lowest BCUT2D eigenvalue weighted by Crippen LogP contribution is -2.25. The molecule has 3 aromatic carbocycles. The number of methoxy groups -OCH3 is 1. The van der Waals surface area contributed by atoms with Crippen LogP contribution in [0.2, 0.25) is 0 Å². The van der Waals surface area contributed by atoms with E-state index in [-0.39, 0.29) is 19.1 Å². The van der Waals surface area contributed by atoms with E-state index < -0.39 is 11.7 Å². The molecule has 1 aliphatic heterocycles. The minimum atomic E-state index is -1.60. The minimum Gasteiger partial charge on any atom is -0.497 e. The van der Waals surface area contributed by atoms with Crippen molar-refractivity contribution >= 4 is 17.1 Å². The lowest BCUT2D eigenvalue weighted by atomic mass is 9.98. The molecule has 0 spiro atoms. The van der Waals surface area contributed by atoms with Gasteiger partial charge in [-0.25, -0.2) is 4.79 Å². The monoisotopic (exact) mass is 489 g/mol. The van der Waals surface area contributed by atoms with Gasteiger partial charge < -0.3 is 33.4 Å². The van der Waals surface area contributed by atoms with Crippen molar-refractivity contribution in [3.63, 3.8) is 0 Å². The average molecular weight is 489 g/mol. The summed E-state index contributed by atoms with van der Waals surface area (Å²) in [5.74, 6) is 1.95. The van der Waals surface area contributed by atoms with Crippen molar-refractivity contribution in [2.45, 2.75) is 13.5 Å². The van der Waals surface area contributed by atoms with Crippen molar-refractivity contribution in [1.29, 1.82) is 0 Å². The van der Waals surface area contributed by atoms with Gasteiger partial charge in [0.15, 0.2) is 11.5 Å². The van der Waals surface area contributed by atoms with Gasteiger partial charge in [0.1, 0.15) is 11.5 Å². The molecule has 0 aliphatic carbocycles. The summed E-state index contributed by atoms with van der Waals surface area (Å²) in [6, 6.07) is 17.8. The van der Waals surface area contributed by atoms with Gasteiger partial charge in [-0.1, -0.05) is 18.2 Å². The Morgan fingerprint density at radius 3 is 2.64 bits per heavy atom. The molecule has 0 amide bonds. The molecule has 0 saturated carbocycles. The minimum absolute atomic E-state index is 0.0780. The first-order valence-corrected chi connectivity index (χ1v) is 11.3. The SMILES string of the molecule is CCOc1ccc2c(c1)c(-c1ccc3c(c1)OCO3)c(OC(=O)O)c(=O)n2Cc1cccc(OC)c1. The van der Waals surface area contributed by atoms with Crippen LogP contribution in [0, 0.1) is 0 Å². The van der Waals surface area contributed by atoms with Crippen LogP contribution in [-0.4, -0.2) is 36.3 Å². The molecule has 184 valence electrons. The first-order chi connectivity index (χ1) is 17.5. The van der Waals surface area contributed by atoms with E-state index >= 15 is 0 Å². The van der Waals surface area contributed by atoms with Crippen LogP contribution < -0.4 is 29.2 Å². The van der Waals surface area contributed by atoms with Crippen molar-refractivity contribution in [2.75, 3.05) is 20.5 Å². The molecule has 36 heavy (non-hydrogen) atoms. The fourth-order valence-corrected chi connectivity index (χ4v) is 4.30. The maximum absolute atomic E-state index is 13.8. The summed E-state index contributed by atoms with van der Waals surface area (Å²) in [5.41, 5.74) is 1.64. The molecule has 0 bridgehead atoms. The standard InChI is InChI=1S/C27H23NO8/c1-3-33-19-8-9-21-20(13-19)24(17-7-10-22-23(12-17)35-15-34-22)25(36-27(30)31)26(29)28(21)14-16-5-4-6-18(11-16)32-2/h4-13H,3,14-15H2,1-2H3,(H,30,31). The molecular weight excluding hydrogens is 466 g/mol. The number of hydrogen-bond acceptors (Lipinski definition) is 7. The number of pyridine rings is 1. The smallest absolute Gasteiger partial charge is 0.497 e. The van der Waals surface area contributed by atoms with E-state index in [0.717, 1.165) is 5.56 Å². The summed E-state index contributed by atoms with van der Waals surface area (Å²) in [6.45, 7) is 2.55. The van der Waals surface area contributed by atoms with E-state index in [1.54, 1.807) is 49.6 Å². The quantitative estimate of drug-likeness (QED) is 0.365. The van der Waals surface area contributed by atoms with Crippen LogP contribution >= 0.6 is 0 Å². The molecule has 0 atom stereocenters. The second-order valence-electron chi connectivity index (χ2n) is 7.99. The molecule has 0 unspecified atom stereocenters. The second kappa shape index (κ2) is 9.53. The van der Waals surface area contributed by atoms with Crippen LogP contribution in [0.4, 0.5) is 4.79 Å². The van der Waals surface area contributed by atoms with Crippen LogP contribution in [0.25, 0.3) is 22.0 Å².